The van der Waals surface area contributed by atoms with Gasteiger partial charge in [0.15, 0.2) is 0 Å². The number of aromatic nitrogens is 1. The van der Waals surface area contributed by atoms with Crippen LogP contribution in [0.15, 0.2) is 42.0 Å². The Morgan fingerprint density at radius 3 is 2.91 bits per heavy atom. The lowest BCUT2D eigenvalue weighted by Crippen LogP contribution is -2.40. The fourth-order valence-electron chi connectivity index (χ4n) is 3.97. The molecular weight excluding hydrogens is 306 g/mol. The molecule has 2 atom stereocenters. The molecule has 2 saturated heterocycles. The summed E-state index contributed by atoms with van der Waals surface area (Å²) in [6, 6.07) is 9.12. The first-order valence-corrected chi connectivity index (χ1v) is 9.14. The Labute approximate surface area is 140 Å². The predicted octanol–water partition coefficient (Wildman–Crippen LogP) is 2.56. The molecule has 0 aliphatic carbocycles. The van der Waals surface area contributed by atoms with Crippen LogP contribution in [0.1, 0.15) is 23.3 Å². The van der Waals surface area contributed by atoms with E-state index in [1.54, 1.807) is 11.3 Å². The Hall–Kier alpha value is -1.72. The molecular formula is C18H21N3OS. The van der Waals surface area contributed by atoms with Crippen molar-refractivity contribution in [1.29, 1.82) is 0 Å². The molecule has 1 amide bonds. The number of pyridine rings is 1. The molecule has 23 heavy (non-hydrogen) atoms. The highest BCUT2D eigenvalue weighted by Gasteiger charge is 2.43. The van der Waals surface area contributed by atoms with Gasteiger partial charge in [-0.1, -0.05) is 12.1 Å². The molecule has 0 saturated carbocycles. The number of hydrogen-bond donors (Lipinski definition) is 0. The second-order valence-corrected chi connectivity index (χ2v) is 7.42. The fourth-order valence-corrected chi connectivity index (χ4v) is 4.67. The zero-order valence-electron chi connectivity index (χ0n) is 13.1. The number of carbonyl (C=O) groups is 1. The van der Waals surface area contributed by atoms with Gasteiger partial charge in [0.2, 0.25) is 5.91 Å². The molecule has 0 radical (unpaired) electrons. The minimum absolute atomic E-state index is 0.295. The summed E-state index contributed by atoms with van der Waals surface area (Å²) in [6.07, 6.45) is 6.52. The molecule has 2 aromatic rings. The Morgan fingerprint density at radius 1 is 1.22 bits per heavy atom. The average molecular weight is 327 g/mol. The van der Waals surface area contributed by atoms with Gasteiger partial charge in [0.25, 0.3) is 0 Å². The van der Waals surface area contributed by atoms with Crippen molar-refractivity contribution in [1.82, 2.24) is 14.8 Å². The first-order valence-electron chi connectivity index (χ1n) is 8.26. The number of rotatable bonds is 4. The molecule has 120 valence electrons. The van der Waals surface area contributed by atoms with Gasteiger partial charge in [0.05, 0.1) is 6.42 Å². The topological polar surface area (TPSA) is 36.4 Å². The standard InChI is InChI=1S/C18H21N3OS/c22-18(11-15-4-2-10-23-15)21-9-6-16-17(21)5-8-20(16)13-14-3-1-7-19-12-14/h1-4,7,10,12,16-17H,5-6,8-9,11,13H2/t16-,17-/m0/s1. The minimum atomic E-state index is 0.295. The van der Waals surface area contributed by atoms with Crippen LogP contribution in [0, 0.1) is 0 Å². The van der Waals surface area contributed by atoms with Crippen LogP contribution in [-0.2, 0) is 17.8 Å². The highest BCUT2D eigenvalue weighted by molar-refractivity contribution is 7.10. The summed E-state index contributed by atoms with van der Waals surface area (Å²) < 4.78 is 0. The highest BCUT2D eigenvalue weighted by Crippen LogP contribution is 2.33. The van der Waals surface area contributed by atoms with Gasteiger partial charge < -0.3 is 4.90 Å². The number of thiophene rings is 1. The van der Waals surface area contributed by atoms with E-state index < -0.39 is 0 Å². The molecule has 0 spiro atoms. The zero-order chi connectivity index (χ0) is 15.6. The van der Waals surface area contributed by atoms with E-state index in [0.717, 1.165) is 32.5 Å². The third-order valence-corrected chi connectivity index (χ3v) is 5.90. The van der Waals surface area contributed by atoms with Gasteiger partial charge in [0.1, 0.15) is 0 Å². The smallest absolute Gasteiger partial charge is 0.228 e. The molecule has 0 aromatic carbocycles. The van der Waals surface area contributed by atoms with Gasteiger partial charge in [0, 0.05) is 49.0 Å². The highest BCUT2D eigenvalue weighted by atomic mass is 32.1. The van der Waals surface area contributed by atoms with Crippen molar-refractivity contribution in [2.45, 2.75) is 37.9 Å². The molecule has 0 unspecified atom stereocenters. The van der Waals surface area contributed by atoms with Crippen molar-refractivity contribution in [3.8, 4) is 0 Å². The van der Waals surface area contributed by atoms with Crippen LogP contribution in [0.2, 0.25) is 0 Å². The van der Waals surface area contributed by atoms with Crippen LogP contribution in [-0.4, -0.2) is 45.9 Å². The van der Waals surface area contributed by atoms with Crippen LogP contribution < -0.4 is 0 Å². The maximum absolute atomic E-state index is 12.6. The van der Waals surface area contributed by atoms with Crippen LogP contribution in [0.5, 0.6) is 0 Å². The molecule has 2 fully saturated rings. The Balaban J connectivity index is 1.40. The SMILES string of the molecule is O=C(Cc1cccs1)N1CC[C@H]2[C@@H]1CCN2Cc1cccnc1. The van der Waals surface area contributed by atoms with Crippen molar-refractivity contribution in [2.24, 2.45) is 0 Å². The van der Waals surface area contributed by atoms with Crippen LogP contribution in [0.4, 0.5) is 0 Å². The van der Waals surface area contributed by atoms with Crippen LogP contribution >= 0.6 is 11.3 Å². The lowest BCUT2D eigenvalue weighted by Gasteiger charge is -2.25. The Bertz CT molecular complexity index is 658. The summed E-state index contributed by atoms with van der Waals surface area (Å²) in [5, 5.41) is 2.04. The number of likely N-dealkylation sites (tertiary alicyclic amines) is 2. The van der Waals surface area contributed by atoms with Crippen molar-refractivity contribution in [3.63, 3.8) is 0 Å². The monoisotopic (exact) mass is 327 g/mol. The van der Waals surface area contributed by atoms with Gasteiger partial charge in [-0.05, 0) is 35.9 Å². The summed E-state index contributed by atoms with van der Waals surface area (Å²) in [4.78, 5) is 22.7. The lowest BCUT2D eigenvalue weighted by atomic mass is 10.1. The number of amides is 1. The number of carbonyl (C=O) groups excluding carboxylic acids is 1. The zero-order valence-corrected chi connectivity index (χ0v) is 13.9. The number of nitrogens with zero attached hydrogens (tertiary/aromatic N) is 3. The summed E-state index contributed by atoms with van der Waals surface area (Å²) in [7, 11) is 0. The molecule has 4 nitrogen and oxygen atoms in total. The van der Waals surface area contributed by atoms with E-state index in [0.29, 0.717) is 24.4 Å². The van der Waals surface area contributed by atoms with E-state index in [9.17, 15) is 4.79 Å². The average Bonchev–Trinajstić information content (AvgIpc) is 3.27. The molecule has 4 heterocycles. The third-order valence-electron chi connectivity index (χ3n) is 5.03. The number of fused-ring (bicyclic) bond motifs is 1. The summed E-state index contributed by atoms with van der Waals surface area (Å²) in [5.41, 5.74) is 1.26. The van der Waals surface area contributed by atoms with Crippen molar-refractivity contribution in [3.05, 3.63) is 52.5 Å². The second-order valence-electron chi connectivity index (χ2n) is 6.39. The lowest BCUT2D eigenvalue weighted by molar-refractivity contribution is -0.131. The van der Waals surface area contributed by atoms with Gasteiger partial charge in [-0.25, -0.2) is 0 Å². The molecule has 0 bridgehead atoms. The summed E-state index contributed by atoms with van der Waals surface area (Å²) in [6.45, 7) is 2.93. The molecule has 2 aromatic heterocycles. The van der Waals surface area contributed by atoms with Gasteiger partial charge >= 0.3 is 0 Å². The molecule has 2 aliphatic heterocycles. The van der Waals surface area contributed by atoms with E-state index in [-0.39, 0.29) is 0 Å². The van der Waals surface area contributed by atoms with E-state index in [4.69, 9.17) is 0 Å². The maximum atomic E-state index is 12.6. The van der Waals surface area contributed by atoms with Gasteiger partial charge in [-0.15, -0.1) is 11.3 Å². The van der Waals surface area contributed by atoms with Crippen molar-refractivity contribution in [2.75, 3.05) is 13.1 Å². The molecule has 2 aliphatic rings. The van der Waals surface area contributed by atoms with Crippen molar-refractivity contribution < 1.29 is 4.79 Å². The number of hydrogen-bond acceptors (Lipinski definition) is 4. The molecule has 0 N–H and O–H groups in total. The Kier molecular flexibility index (Phi) is 4.14. The predicted molar refractivity (Wildman–Crippen MR) is 91.2 cm³/mol. The largest absolute Gasteiger partial charge is 0.338 e. The van der Waals surface area contributed by atoms with E-state index in [2.05, 4.69) is 26.9 Å². The van der Waals surface area contributed by atoms with E-state index in [1.807, 2.05) is 29.9 Å². The van der Waals surface area contributed by atoms with Crippen LogP contribution in [0.25, 0.3) is 0 Å². The normalized spacial score (nSPS) is 24.1. The van der Waals surface area contributed by atoms with Crippen LogP contribution in [0.3, 0.4) is 0 Å². The quantitative estimate of drug-likeness (QED) is 0.866. The maximum Gasteiger partial charge on any atom is 0.228 e. The summed E-state index contributed by atoms with van der Waals surface area (Å²) >= 11 is 1.67. The van der Waals surface area contributed by atoms with Gasteiger partial charge in [-0.3, -0.25) is 14.7 Å². The molecule has 4 rings (SSSR count). The second kappa shape index (κ2) is 6.42. The Morgan fingerprint density at radius 2 is 2.13 bits per heavy atom. The summed E-state index contributed by atoms with van der Waals surface area (Å²) in [5.74, 6) is 0.295. The fraction of sp³-hybridized carbons (Fsp3) is 0.444. The van der Waals surface area contributed by atoms with Gasteiger partial charge in [-0.2, -0.15) is 0 Å². The minimum Gasteiger partial charge on any atom is -0.338 e. The third kappa shape index (κ3) is 3.03. The van der Waals surface area contributed by atoms with Crippen molar-refractivity contribution >= 4 is 17.2 Å². The van der Waals surface area contributed by atoms with E-state index in [1.165, 1.54) is 10.4 Å². The van der Waals surface area contributed by atoms with E-state index >= 15 is 0 Å². The first-order chi connectivity index (χ1) is 11.3. The molecule has 5 heteroatoms. The first kappa shape index (κ1) is 14.8.